The summed E-state index contributed by atoms with van der Waals surface area (Å²) in [5.74, 6) is 1.54. The molecule has 0 bridgehead atoms. The Morgan fingerprint density at radius 2 is 1.62 bits per heavy atom. The maximum Gasteiger partial charge on any atom is 0.123 e. The van der Waals surface area contributed by atoms with Crippen LogP contribution in [0.3, 0.4) is 0 Å². The predicted molar refractivity (Wildman–Crippen MR) is 92.3 cm³/mol. The van der Waals surface area contributed by atoms with E-state index < -0.39 is 5.60 Å². The quantitative estimate of drug-likeness (QED) is 0.844. The van der Waals surface area contributed by atoms with E-state index in [1.54, 1.807) is 0 Å². The first-order valence-electron chi connectivity index (χ1n) is 8.43. The van der Waals surface area contributed by atoms with Gasteiger partial charge in [0.1, 0.15) is 18.1 Å². The van der Waals surface area contributed by atoms with Crippen molar-refractivity contribution in [3.8, 4) is 11.5 Å². The molecule has 128 valence electrons. The zero-order chi connectivity index (χ0) is 16.7. The summed E-state index contributed by atoms with van der Waals surface area (Å²) in [6, 6.07) is 17.7. The minimum Gasteiger partial charge on any atom is -0.493 e. The van der Waals surface area contributed by atoms with Gasteiger partial charge in [-0.25, -0.2) is 0 Å². The van der Waals surface area contributed by atoms with Crippen LogP contribution in [0.2, 0.25) is 0 Å². The lowest BCUT2D eigenvalue weighted by Gasteiger charge is -2.31. The summed E-state index contributed by atoms with van der Waals surface area (Å²) in [4.78, 5) is 0. The first-order chi connectivity index (χ1) is 11.7. The molecular weight excluding hydrogens is 304 g/mol. The van der Waals surface area contributed by atoms with Crippen LogP contribution in [0.5, 0.6) is 11.5 Å². The number of hydrogen-bond acceptors (Lipinski definition) is 4. The number of ether oxygens (including phenoxy) is 3. The summed E-state index contributed by atoms with van der Waals surface area (Å²) >= 11 is 0. The van der Waals surface area contributed by atoms with Crippen LogP contribution in [0, 0.1) is 0 Å². The van der Waals surface area contributed by atoms with Crippen LogP contribution in [0.4, 0.5) is 0 Å². The Balaban J connectivity index is 1.48. The van der Waals surface area contributed by atoms with Gasteiger partial charge in [-0.05, 0) is 30.5 Å². The van der Waals surface area contributed by atoms with E-state index in [0.717, 1.165) is 17.1 Å². The molecule has 0 unspecified atom stereocenters. The average Bonchev–Trinajstić information content (AvgIpc) is 2.62. The third kappa shape index (κ3) is 4.98. The summed E-state index contributed by atoms with van der Waals surface area (Å²) in [5, 5.41) is 10.4. The first-order valence-corrected chi connectivity index (χ1v) is 8.43. The van der Waals surface area contributed by atoms with Crippen LogP contribution in [0.15, 0.2) is 54.6 Å². The van der Waals surface area contributed by atoms with Crippen molar-refractivity contribution in [3.63, 3.8) is 0 Å². The summed E-state index contributed by atoms with van der Waals surface area (Å²) in [6.45, 7) is 2.27. The van der Waals surface area contributed by atoms with E-state index in [4.69, 9.17) is 14.2 Å². The standard InChI is InChI=1S/C20H24O4/c21-20(9-12-22-13-10-20)11-14-23-18-7-4-8-19(15-18)24-16-17-5-2-1-3-6-17/h1-8,15,21H,9-14,16H2. The molecule has 1 saturated heterocycles. The lowest BCUT2D eigenvalue weighted by atomic mass is 9.91. The molecule has 0 saturated carbocycles. The van der Waals surface area contributed by atoms with Crippen LogP contribution in [0.25, 0.3) is 0 Å². The molecule has 0 radical (unpaired) electrons. The van der Waals surface area contributed by atoms with Gasteiger partial charge in [-0.1, -0.05) is 36.4 Å². The monoisotopic (exact) mass is 328 g/mol. The molecule has 3 rings (SSSR count). The molecule has 1 aliphatic heterocycles. The Bertz CT molecular complexity index is 621. The molecule has 2 aromatic rings. The Morgan fingerprint density at radius 3 is 2.38 bits per heavy atom. The van der Waals surface area contributed by atoms with Crippen molar-refractivity contribution in [1.82, 2.24) is 0 Å². The maximum atomic E-state index is 10.4. The van der Waals surface area contributed by atoms with E-state index in [1.165, 1.54) is 0 Å². The highest BCUT2D eigenvalue weighted by Gasteiger charge is 2.29. The van der Waals surface area contributed by atoms with E-state index >= 15 is 0 Å². The topological polar surface area (TPSA) is 47.9 Å². The second-order valence-corrected chi connectivity index (χ2v) is 6.18. The fourth-order valence-corrected chi connectivity index (χ4v) is 2.75. The largest absolute Gasteiger partial charge is 0.493 e. The Morgan fingerprint density at radius 1 is 0.917 bits per heavy atom. The van der Waals surface area contributed by atoms with Crippen molar-refractivity contribution in [1.29, 1.82) is 0 Å². The molecular formula is C20H24O4. The normalized spacial score (nSPS) is 16.5. The van der Waals surface area contributed by atoms with Crippen LogP contribution >= 0.6 is 0 Å². The molecule has 1 heterocycles. The molecule has 0 aliphatic carbocycles. The van der Waals surface area contributed by atoms with E-state index in [1.807, 2.05) is 54.6 Å². The number of benzene rings is 2. The molecule has 0 atom stereocenters. The average molecular weight is 328 g/mol. The maximum absolute atomic E-state index is 10.4. The van der Waals surface area contributed by atoms with Crippen LogP contribution in [0.1, 0.15) is 24.8 Å². The lowest BCUT2D eigenvalue weighted by molar-refractivity contribution is -0.0729. The van der Waals surface area contributed by atoms with Gasteiger partial charge in [-0.15, -0.1) is 0 Å². The second kappa shape index (κ2) is 8.18. The highest BCUT2D eigenvalue weighted by atomic mass is 16.5. The van der Waals surface area contributed by atoms with E-state index in [-0.39, 0.29) is 0 Å². The first kappa shape index (κ1) is 16.8. The van der Waals surface area contributed by atoms with Crippen molar-refractivity contribution < 1.29 is 19.3 Å². The molecule has 1 fully saturated rings. The zero-order valence-electron chi connectivity index (χ0n) is 13.8. The molecule has 2 aromatic carbocycles. The Labute approximate surface area is 143 Å². The highest BCUT2D eigenvalue weighted by Crippen LogP contribution is 2.25. The van der Waals surface area contributed by atoms with Gasteiger partial charge >= 0.3 is 0 Å². The van der Waals surface area contributed by atoms with Gasteiger partial charge in [0, 0.05) is 25.7 Å². The number of aliphatic hydroxyl groups is 1. The highest BCUT2D eigenvalue weighted by molar-refractivity contribution is 5.33. The van der Waals surface area contributed by atoms with Gasteiger partial charge in [0.15, 0.2) is 0 Å². The molecule has 4 nitrogen and oxygen atoms in total. The fraction of sp³-hybridized carbons (Fsp3) is 0.400. The molecule has 0 aromatic heterocycles. The van der Waals surface area contributed by atoms with Gasteiger partial charge in [0.2, 0.25) is 0 Å². The Hall–Kier alpha value is -2.04. The third-order valence-electron chi connectivity index (χ3n) is 4.31. The van der Waals surface area contributed by atoms with Gasteiger partial charge in [-0.3, -0.25) is 0 Å². The van der Waals surface area contributed by atoms with Crippen LogP contribution in [-0.4, -0.2) is 30.5 Å². The van der Waals surface area contributed by atoms with Crippen molar-refractivity contribution in [2.75, 3.05) is 19.8 Å². The summed E-state index contributed by atoms with van der Waals surface area (Å²) < 4.78 is 16.9. The third-order valence-corrected chi connectivity index (χ3v) is 4.31. The molecule has 0 spiro atoms. The molecule has 1 aliphatic rings. The lowest BCUT2D eigenvalue weighted by Crippen LogP contribution is -2.37. The Kier molecular flexibility index (Phi) is 5.72. The van der Waals surface area contributed by atoms with Crippen LogP contribution in [-0.2, 0) is 11.3 Å². The number of hydrogen-bond donors (Lipinski definition) is 1. The minimum atomic E-state index is -0.653. The van der Waals surface area contributed by atoms with E-state index in [0.29, 0.717) is 45.7 Å². The molecule has 4 heteroatoms. The van der Waals surface area contributed by atoms with Crippen molar-refractivity contribution in [2.24, 2.45) is 0 Å². The summed E-state index contributed by atoms with van der Waals surface area (Å²) in [7, 11) is 0. The van der Waals surface area contributed by atoms with Crippen molar-refractivity contribution >= 4 is 0 Å². The minimum absolute atomic E-state index is 0.485. The zero-order valence-corrected chi connectivity index (χ0v) is 13.8. The van der Waals surface area contributed by atoms with Gasteiger partial charge in [0.25, 0.3) is 0 Å². The van der Waals surface area contributed by atoms with Gasteiger partial charge in [0.05, 0.1) is 12.2 Å². The summed E-state index contributed by atoms with van der Waals surface area (Å²) in [6.07, 6.45) is 1.97. The van der Waals surface area contributed by atoms with Gasteiger partial charge < -0.3 is 19.3 Å². The van der Waals surface area contributed by atoms with Gasteiger partial charge in [-0.2, -0.15) is 0 Å². The SMILES string of the molecule is OC1(CCOc2cccc(OCc3ccccc3)c2)CCOCC1. The predicted octanol–water partition coefficient (Wildman–Crippen LogP) is 3.58. The van der Waals surface area contributed by atoms with E-state index in [2.05, 4.69) is 0 Å². The number of rotatable bonds is 7. The fourth-order valence-electron chi connectivity index (χ4n) is 2.75. The second-order valence-electron chi connectivity index (χ2n) is 6.18. The molecule has 24 heavy (non-hydrogen) atoms. The molecule has 0 amide bonds. The van der Waals surface area contributed by atoms with Crippen LogP contribution < -0.4 is 9.47 Å². The van der Waals surface area contributed by atoms with Crippen molar-refractivity contribution in [3.05, 3.63) is 60.2 Å². The summed E-state index contributed by atoms with van der Waals surface area (Å²) in [5.41, 5.74) is 0.477. The van der Waals surface area contributed by atoms with E-state index in [9.17, 15) is 5.11 Å². The van der Waals surface area contributed by atoms with Crippen molar-refractivity contribution in [2.45, 2.75) is 31.5 Å². The smallest absolute Gasteiger partial charge is 0.123 e. The molecule has 1 N–H and O–H groups in total.